The number of fused-ring (bicyclic) bond motifs is 3. The normalized spacial score (nSPS) is 12.6. The second-order valence-corrected chi connectivity index (χ2v) is 5.82. The Kier molecular flexibility index (Phi) is 4.65. The highest BCUT2D eigenvalue weighted by atomic mass is 16.6. The lowest BCUT2D eigenvalue weighted by Gasteiger charge is -2.05. The van der Waals surface area contributed by atoms with Gasteiger partial charge in [0.05, 0.1) is 0 Å². The van der Waals surface area contributed by atoms with Crippen LogP contribution in [0.1, 0.15) is 22.6 Å². The topological polar surface area (TPSA) is 104 Å². The van der Waals surface area contributed by atoms with Crippen LogP contribution in [0.2, 0.25) is 0 Å². The van der Waals surface area contributed by atoms with Crippen molar-refractivity contribution in [3.05, 3.63) is 77.2 Å². The van der Waals surface area contributed by atoms with E-state index in [0.717, 1.165) is 16.9 Å². The highest BCUT2D eigenvalue weighted by Gasteiger charge is 2.30. The zero-order valence-electron chi connectivity index (χ0n) is 14.7. The van der Waals surface area contributed by atoms with Gasteiger partial charge in [-0.1, -0.05) is 47.6 Å². The Bertz CT molecular complexity index is 1140. The molecule has 4 rings (SSSR count). The number of oxime groups is 1. The van der Waals surface area contributed by atoms with Gasteiger partial charge < -0.3 is 9.57 Å². The van der Waals surface area contributed by atoms with E-state index in [2.05, 4.69) is 15.1 Å². The average Bonchev–Trinajstić information content (AvgIpc) is 3.06. The maximum absolute atomic E-state index is 9.25. The lowest BCUT2D eigenvalue weighted by molar-refractivity contribution is 0.107. The minimum Gasteiger partial charge on any atom is -0.490 e. The minimum absolute atomic E-state index is 0.00511. The summed E-state index contributed by atoms with van der Waals surface area (Å²) < 4.78 is 5.58. The van der Waals surface area contributed by atoms with Gasteiger partial charge in [0.1, 0.15) is 41.6 Å². The maximum atomic E-state index is 9.25. The van der Waals surface area contributed by atoms with E-state index < -0.39 is 0 Å². The Balaban J connectivity index is 1.58. The Morgan fingerprint density at radius 2 is 1.43 bits per heavy atom. The van der Waals surface area contributed by atoms with Gasteiger partial charge in [0.15, 0.2) is 18.0 Å². The van der Waals surface area contributed by atoms with Crippen molar-refractivity contribution in [2.45, 2.75) is 0 Å². The number of rotatable bonds is 5. The molecular formula is C21H13N5O2. The van der Waals surface area contributed by atoms with Crippen LogP contribution in [0.4, 0.5) is 0 Å². The molecule has 2 aromatic carbocycles. The molecule has 0 unspecified atom stereocenters. The summed E-state index contributed by atoms with van der Waals surface area (Å²) >= 11 is 0. The highest BCUT2D eigenvalue weighted by Crippen LogP contribution is 2.34. The lowest BCUT2D eigenvalue weighted by atomic mass is 10.1. The molecule has 0 radical (unpaired) electrons. The van der Waals surface area contributed by atoms with Crippen molar-refractivity contribution >= 4 is 5.71 Å². The number of hydrogen-bond donors (Lipinski definition) is 0. The fraction of sp³-hybridized carbons (Fsp3) is 0.0952. The quantitative estimate of drug-likeness (QED) is 0.397. The van der Waals surface area contributed by atoms with Gasteiger partial charge >= 0.3 is 0 Å². The number of benzene rings is 2. The Morgan fingerprint density at radius 1 is 0.786 bits per heavy atom. The fourth-order valence-electron chi connectivity index (χ4n) is 2.88. The van der Waals surface area contributed by atoms with Crippen LogP contribution < -0.4 is 4.74 Å². The van der Waals surface area contributed by atoms with Gasteiger partial charge in [-0.2, -0.15) is 10.5 Å². The number of aromatic nitrogens is 2. The van der Waals surface area contributed by atoms with Gasteiger partial charge in [-0.3, -0.25) is 0 Å². The number of nitrogens with zero attached hydrogens (tertiary/aromatic N) is 5. The molecule has 1 heterocycles. The monoisotopic (exact) mass is 367 g/mol. The lowest BCUT2D eigenvalue weighted by Crippen LogP contribution is -2.08. The summed E-state index contributed by atoms with van der Waals surface area (Å²) in [5, 5.41) is 22.7. The zero-order valence-corrected chi connectivity index (χ0v) is 14.7. The van der Waals surface area contributed by atoms with E-state index in [1.54, 1.807) is 0 Å². The third-order valence-corrected chi connectivity index (χ3v) is 4.11. The fourth-order valence-corrected chi connectivity index (χ4v) is 2.88. The molecule has 0 bridgehead atoms. The van der Waals surface area contributed by atoms with Crippen molar-refractivity contribution in [1.29, 1.82) is 10.5 Å². The van der Waals surface area contributed by atoms with Crippen LogP contribution in [0, 0.1) is 22.7 Å². The first-order valence-electron chi connectivity index (χ1n) is 8.52. The number of ether oxygens (including phenoxy) is 1. The van der Waals surface area contributed by atoms with Gasteiger partial charge in [0.2, 0.25) is 0 Å². The Morgan fingerprint density at radius 3 is 2.14 bits per heavy atom. The van der Waals surface area contributed by atoms with Crippen LogP contribution in [0.5, 0.6) is 5.75 Å². The van der Waals surface area contributed by atoms with Crippen molar-refractivity contribution in [1.82, 2.24) is 9.97 Å². The molecule has 134 valence electrons. The first-order chi connectivity index (χ1) is 13.8. The van der Waals surface area contributed by atoms with Crippen molar-refractivity contribution in [2.75, 3.05) is 13.2 Å². The van der Waals surface area contributed by atoms with Crippen LogP contribution in [0.3, 0.4) is 0 Å². The molecule has 28 heavy (non-hydrogen) atoms. The van der Waals surface area contributed by atoms with E-state index in [0.29, 0.717) is 23.7 Å². The van der Waals surface area contributed by atoms with Gasteiger partial charge in [-0.15, -0.1) is 0 Å². The van der Waals surface area contributed by atoms with E-state index in [-0.39, 0.29) is 18.0 Å². The van der Waals surface area contributed by atoms with Crippen molar-refractivity contribution in [3.8, 4) is 29.1 Å². The predicted octanol–water partition coefficient (Wildman–Crippen LogP) is 3.05. The average molecular weight is 367 g/mol. The van der Waals surface area contributed by atoms with Gasteiger partial charge in [-0.05, 0) is 12.1 Å². The summed E-state index contributed by atoms with van der Waals surface area (Å²) in [5.41, 5.74) is 2.99. The minimum atomic E-state index is -0.0332. The first-order valence-corrected chi connectivity index (χ1v) is 8.52. The Labute approximate surface area is 161 Å². The number of hydrogen-bond acceptors (Lipinski definition) is 7. The summed E-state index contributed by atoms with van der Waals surface area (Å²) in [7, 11) is 0. The van der Waals surface area contributed by atoms with Gasteiger partial charge in [-0.25, -0.2) is 9.97 Å². The summed E-state index contributed by atoms with van der Waals surface area (Å²) in [6.07, 6.45) is 0. The third kappa shape index (κ3) is 3.13. The molecule has 0 atom stereocenters. The van der Waals surface area contributed by atoms with Crippen molar-refractivity contribution < 1.29 is 9.57 Å². The molecule has 1 aliphatic carbocycles. The largest absolute Gasteiger partial charge is 0.490 e. The second kappa shape index (κ2) is 7.56. The predicted molar refractivity (Wildman–Crippen MR) is 100 cm³/mol. The SMILES string of the molecule is N#Cc1nc2c(nc1C#N)-c1ccccc1/C2=N\OCCOc1ccccc1. The van der Waals surface area contributed by atoms with Crippen LogP contribution in [0.25, 0.3) is 11.3 Å². The third-order valence-electron chi connectivity index (χ3n) is 4.11. The molecule has 0 N–H and O–H groups in total. The van der Waals surface area contributed by atoms with Crippen LogP contribution >= 0.6 is 0 Å². The zero-order chi connectivity index (χ0) is 19.3. The smallest absolute Gasteiger partial charge is 0.177 e. The molecule has 7 nitrogen and oxygen atoms in total. The highest BCUT2D eigenvalue weighted by molar-refractivity contribution is 6.22. The molecular weight excluding hydrogens is 354 g/mol. The summed E-state index contributed by atoms with van der Waals surface area (Å²) in [5.74, 6) is 0.754. The number of para-hydroxylation sites is 1. The molecule has 0 saturated carbocycles. The molecule has 0 spiro atoms. The molecule has 0 fully saturated rings. The standard InChI is InChI=1S/C21H13N5O2/c22-12-17-18(13-23)25-21-19(24-17)15-8-4-5-9-16(15)20(21)26-28-11-10-27-14-6-2-1-3-7-14/h1-9H,10-11H2/b26-20+. The molecule has 0 saturated heterocycles. The maximum Gasteiger partial charge on any atom is 0.177 e. The summed E-state index contributed by atoms with van der Waals surface area (Å²) in [6, 6.07) is 20.7. The molecule has 7 heteroatoms. The number of nitriles is 2. The van der Waals surface area contributed by atoms with E-state index in [1.165, 1.54) is 0 Å². The van der Waals surface area contributed by atoms with Crippen molar-refractivity contribution in [3.63, 3.8) is 0 Å². The van der Waals surface area contributed by atoms with E-state index in [4.69, 9.17) is 9.57 Å². The molecule has 0 amide bonds. The Hall–Kier alpha value is -4.23. The van der Waals surface area contributed by atoms with E-state index >= 15 is 0 Å². The summed E-state index contributed by atoms with van der Waals surface area (Å²) in [4.78, 5) is 14.0. The summed E-state index contributed by atoms with van der Waals surface area (Å²) in [6.45, 7) is 0.572. The first kappa shape index (κ1) is 17.2. The van der Waals surface area contributed by atoms with Crippen LogP contribution in [-0.4, -0.2) is 28.9 Å². The molecule has 3 aromatic rings. The van der Waals surface area contributed by atoms with Gasteiger partial charge in [0, 0.05) is 11.1 Å². The van der Waals surface area contributed by atoms with E-state index in [9.17, 15) is 10.5 Å². The van der Waals surface area contributed by atoms with Crippen molar-refractivity contribution in [2.24, 2.45) is 5.16 Å². The van der Waals surface area contributed by atoms with Gasteiger partial charge in [0.25, 0.3) is 0 Å². The van der Waals surface area contributed by atoms with Crippen LogP contribution in [-0.2, 0) is 4.84 Å². The molecule has 0 aliphatic heterocycles. The second-order valence-electron chi connectivity index (χ2n) is 5.82. The van der Waals surface area contributed by atoms with Crippen LogP contribution in [0.15, 0.2) is 59.8 Å². The van der Waals surface area contributed by atoms with E-state index in [1.807, 2.05) is 66.7 Å². The molecule has 1 aromatic heterocycles. The molecule has 1 aliphatic rings.